The molecule has 136 valence electrons. The van der Waals surface area contributed by atoms with E-state index < -0.39 is 0 Å². The number of nitrogens with zero attached hydrogens (tertiary/aromatic N) is 1. The Bertz CT molecular complexity index is 1070. The summed E-state index contributed by atoms with van der Waals surface area (Å²) in [4.78, 5) is 25.1. The van der Waals surface area contributed by atoms with Gasteiger partial charge in [0.25, 0.3) is 11.8 Å². The predicted octanol–water partition coefficient (Wildman–Crippen LogP) is 4.21. The third-order valence-electron chi connectivity index (χ3n) is 4.35. The van der Waals surface area contributed by atoms with E-state index in [0.29, 0.717) is 45.5 Å². The van der Waals surface area contributed by atoms with Crippen molar-refractivity contribution in [2.24, 2.45) is 0 Å². The first kappa shape index (κ1) is 16.8. The molecule has 1 aliphatic rings. The fourth-order valence-corrected chi connectivity index (χ4v) is 3.00. The molecule has 0 saturated heterocycles. The summed E-state index contributed by atoms with van der Waals surface area (Å²) in [6, 6.07) is 10.5. The zero-order chi connectivity index (χ0) is 19.1. The molecule has 0 unspecified atom stereocenters. The molecular formula is C20H17N3O4. The molecule has 7 nitrogen and oxygen atoms in total. The lowest BCUT2D eigenvalue weighted by molar-refractivity contribution is 0.101. The predicted molar refractivity (Wildman–Crippen MR) is 99.6 cm³/mol. The molecule has 4 rings (SSSR count). The quantitative estimate of drug-likeness (QED) is 0.711. The number of rotatable bonds is 2. The van der Waals surface area contributed by atoms with Crippen LogP contribution in [0.25, 0.3) is 0 Å². The molecule has 0 atom stereocenters. The molecule has 2 N–H and O–H groups in total. The van der Waals surface area contributed by atoms with Crippen molar-refractivity contribution < 1.29 is 18.8 Å². The van der Waals surface area contributed by atoms with Crippen molar-refractivity contribution in [3.05, 3.63) is 64.5 Å². The number of amides is 2. The second kappa shape index (κ2) is 6.28. The van der Waals surface area contributed by atoms with Gasteiger partial charge in [0.2, 0.25) is 0 Å². The molecule has 0 bridgehead atoms. The lowest BCUT2D eigenvalue weighted by atomic mass is 10.1. The topological polar surface area (TPSA) is 93.5 Å². The molecule has 0 saturated carbocycles. The molecule has 2 aromatic carbocycles. The number of carbonyl (C=O) groups is 2. The minimum Gasteiger partial charge on any atom is -0.454 e. The molecule has 3 aromatic rings. The van der Waals surface area contributed by atoms with Gasteiger partial charge in [0.15, 0.2) is 5.75 Å². The number of benzene rings is 2. The van der Waals surface area contributed by atoms with Gasteiger partial charge in [-0.1, -0.05) is 11.2 Å². The first-order valence-corrected chi connectivity index (χ1v) is 8.40. The van der Waals surface area contributed by atoms with Crippen LogP contribution in [0.2, 0.25) is 0 Å². The lowest BCUT2D eigenvalue weighted by Crippen LogP contribution is -2.15. The van der Waals surface area contributed by atoms with Gasteiger partial charge in [0.05, 0.1) is 16.9 Å². The van der Waals surface area contributed by atoms with Crippen LogP contribution in [0.15, 0.2) is 40.9 Å². The van der Waals surface area contributed by atoms with Crippen molar-refractivity contribution in [3.8, 4) is 11.5 Å². The van der Waals surface area contributed by atoms with Gasteiger partial charge >= 0.3 is 0 Å². The average Bonchev–Trinajstić information content (AvgIpc) is 2.89. The largest absolute Gasteiger partial charge is 0.454 e. The van der Waals surface area contributed by atoms with Crippen molar-refractivity contribution in [2.75, 3.05) is 10.6 Å². The smallest absolute Gasteiger partial charge is 0.261 e. The molecule has 0 radical (unpaired) electrons. The van der Waals surface area contributed by atoms with Gasteiger partial charge in [-0.2, -0.15) is 0 Å². The Labute approximate surface area is 155 Å². The van der Waals surface area contributed by atoms with E-state index in [-0.39, 0.29) is 11.8 Å². The van der Waals surface area contributed by atoms with Crippen molar-refractivity contribution in [1.82, 2.24) is 5.16 Å². The first-order valence-electron chi connectivity index (χ1n) is 8.40. The van der Waals surface area contributed by atoms with Crippen LogP contribution in [0.4, 0.5) is 11.4 Å². The molecule has 7 heteroatoms. The maximum Gasteiger partial charge on any atom is 0.261 e. The summed E-state index contributed by atoms with van der Waals surface area (Å²) < 4.78 is 10.9. The molecule has 0 spiro atoms. The number of nitrogens with one attached hydrogen (secondary N) is 2. The maximum absolute atomic E-state index is 12.6. The van der Waals surface area contributed by atoms with E-state index in [9.17, 15) is 9.59 Å². The third-order valence-corrected chi connectivity index (χ3v) is 4.35. The monoisotopic (exact) mass is 363 g/mol. The summed E-state index contributed by atoms with van der Waals surface area (Å²) >= 11 is 0. The van der Waals surface area contributed by atoms with E-state index in [1.165, 1.54) is 0 Å². The van der Waals surface area contributed by atoms with Gasteiger partial charge in [0.1, 0.15) is 17.1 Å². The Morgan fingerprint density at radius 3 is 2.63 bits per heavy atom. The van der Waals surface area contributed by atoms with E-state index >= 15 is 0 Å². The van der Waals surface area contributed by atoms with Gasteiger partial charge in [-0.05, 0) is 56.7 Å². The summed E-state index contributed by atoms with van der Waals surface area (Å²) in [5.41, 5.74) is 3.32. The molecular weight excluding hydrogens is 346 g/mol. The highest BCUT2D eigenvalue weighted by atomic mass is 16.5. The van der Waals surface area contributed by atoms with Gasteiger partial charge in [-0.15, -0.1) is 0 Å². The second-order valence-corrected chi connectivity index (χ2v) is 6.42. The number of hydrogen-bond donors (Lipinski definition) is 2. The molecule has 2 heterocycles. The van der Waals surface area contributed by atoms with Crippen molar-refractivity contribution in [1.29, 1.82) is 0 Å². The van der Waals surface area contributed by atoms with Crippen LogP contribution in [0, 0.1) is 20.8 Å². The fourth-order valence-electron chi connectivity index (χ4n) is 3.00. The highest BCUT2D eigenvalue weighted by Gasteiger charge is 2.23. The number of anilines is 2. The van der Waals surface area contributed by atoms with Crippen LogP contribution in [-0.2, 0) is 0 Å². The molecule has 1 aliphatic heterocycles. The summed E-state index contributed by atoms with van der Waals surface area (Å²) in [7, 11) is 0. The Kier molecular flexibility index (Phi) is 3.92. The van der Waals surface area contributed by atoms with E-state index in [1.807, 2.05) is 19.1 Å². The van der Waals surface area contributed by atoms with Crippen LogP contribution in [0.3, 0.4) is 0 Å². The van der Waals surface area contributed by atoms with Crippen LogP contribution in [-0.4, -0.2) is 17.0 Å². The van der Waals surface area contributed by atoms with E-state index in [1.54, 1.807) is 38.1 Å². The number of aromatic nitrogens is 1. The van der Waals surface area contributed by atoms with Crippen LogP contribution in [0.1, 0.15) is 37.7 Å². The van der Waals surface area contributed by atoms with Gasteiger partial charge in [-0.3, -0.25) is 9.59 Å². The maximum atomic E-state index is 12.6. The summed E-state index contributed by atoms with van der Waals surface area (Å²) in [5, 5.41) is 9.39. The molecule has 0 aliphatic carbocycles. The molecule has 1 aromatic heterocycles. The standard InChI is InChI=1S/C20H17N3O4/c1-10-4-6-15-17(8-10)26-16-7-5-13(9-14(16)19(24)22-15)21-20(25)18-11(2)23-27-12(18)3/h4-9H,1-3H3,(H,21,25)(H,22,24). The minimum atomic E-state index is -0.347. The number of hydrogen-bond acceptors (Lipinski definition) is 5. The Hall–Kier alpha value is -3.61. The highest BCUT2D eigenvalue weighted by Crippen LogP contribution is 2.37. The van der Waals surface area contributed by atoms with Crippen LogP contribution >= 0.6 is 0 Å². The second-order valence-electron chi connectivity index (χ2n) is 6.42. The summed E-state index contributed by atoms with van der Waals surface area (Å²) in [6.45, 7) is 5.32. The average molecular weight is 363 g/mol. The van der Waals surface area contributed by atoms with Crippen LogP contribution in [0.5, 0.6) is 11.5 Å². The normalized spacial score (nSPS) is 12.3. The molecule has 2 amide bonds. The molecule has 27 heavy (non-hydrogen) atoms. The van der Waals surface area contributed by atoms with Gasteiger partial charge < -0.3 is 19.9 Å². The SMILES string of the molecule is Cc1ccc2c(c1)Oc1ccc(NC(=O)c3c(C)noc3C)cc1C(=O)N2. The zero-order valence-corrected chi connectivity index (χ0v) is 15.0. The number of fused-ring (bicyclic) bond motifs is 2. The molecule has 0 fully saturated rings. The minimum absolute atomic E-state index is 0.305. The Balaban J connectivity index is 1.65. The lowest BCUT2D eigenvalue weighted by Gasteiger charge is -2.10. The highest BCUT2D eigenvalue weighted by molar-refractivity contribution is 6.10. The van der Waals surface area contributed by atoms with Crippen molar-refractivity contribution in [3.63, 3.8) is 0 Å². The number of carbonyl (C=O) groups excluding carboxylic acids is 2. The van der Waals surface area contributed by atoms with E-state index in [4.69, 9.17) is 9.26 Å². The fraction of sp³-hybridized carbons (Fsp3) is 0.150. The zero-order valence-electron chi connectivity index (χ0n) is 15.0. The number of aryl methyl sites for hydroxylation is 3. The van der Waals surface area contributed by atoms with E-state index in [0.717, 1.165) is 5.56 Å². The first-order chi connectivity index (χ1) is 12.9. The van der Waals surface area contributed by atoms with Gasteiger partial charge in [0, 0.05) is 5.69 Å². The van der Waals surface area contributed by atoms with Gasteiger partial charge in [-0.25, -0.2) is 0 Å². The third kappa shape index (κ3) is 3.03. The summed E-state index contributed by atoms with van der Waals surface area (Å²) in [6.07, 6.45) is 0. The van der Waals surface area contributed by atoms with Crippen LogP contribution < -0.4 is 15.4 Å². The Morgan fingerprint density at radius 1 is 1.07 bits per heavy atom. The van der Waals surface area contributed by atoms with Crippen molar-refractivity contribution >= 4 is 23.2 Å². The van der Waals surface area contributed by atoms with Crippen molar-refractivity contribution in [2.45, 2.75) is 20.8 Å². The Morgan fingerprint density at radius 2 is 1.89 bits per heavy atom. The summed E-state index contributed by atoms with van der Waals surface area (Å²) in [5.74, 6) is 0.787. The number of ether oxygens (including phenoxy) is 1. The van der Waals surface area contributed by atoms with E-state index in [2.05, 4.69) is 15.8 Å².